The molecule has 136 valence electrons. The van der Waals surface area contributed by atoms with Crippen LogP contribution in [0.1, 0.15) is 11.1 Å². The van der Waals surface area contributed by atoms with E-state index in [9.17, 15) is 4.79 Å². The number of pyridine rings is 1. The molecule has 1 amide bonds. The predicted octanol–water partition coefficient (Wildman–Crippen LogP) is 2.97. The lowest BCUT2D eigenvalue weighted by Gasteiger charge is -2.18. The van der Waals surface area contributed by atoms with Crippen molar-refractivity contribution in [2.45, 2.75) is 13.0 Å². The van der Waals surface area contributed by atoms with Crippen molar-refractivity contribution in [1.29, 1.82) is 0 Å². The van der Waals surface area contributed by atoms with Gasteiger partial charge in [-0.15, -0.1) is 0 Å². The Balaban J connectivity index is 1.35. The van der Waals surface area contributed by atoms with Crippen molar-refractivity contribution in [3.8, 4) is 11.5 Å². The maximum atomic E-state index is 12.3. The maximum absolute atomic E-state index is 12.3. The van der Waals surface area contributed by atoms with E-state index in [2.05, 4.69) is 17.4 Å². The minimum absolute atomic E-state index is 0.0903. The average molecular weight is 361 g/mol. The molecule has 0 fully saturated rings. The number of anilines is 1. The molecule has 1 aliphatic rings. The number of hydrogen-bond acceptors (Lipinski definition) is 3. The molecule has 2 heterocycles. The number of nitrogens with zero attached hydrogens (tertiary/aromatic N) is 1. The maximum Gasteiger partial charge on any atom is 0.290 e. The van der Waals surface area contributed by atoms with Crippen LogP contribution in [0.2, 0.25) is 0 Å². The molecule has 0 aliphatic carbocycles. The third-order valence-corrected chi connectivity index (χ3v) is 4.36. The highest BCUT2D eigenvalue weighted by Crippen LogP contribution is 2.32. The molecule has 0 spiro atoms. The molecule has 0 radical (unpaired) electrons. The summed E-state index contributed by atoms with van der Waals surface area (Å²) in [6.07, 6.45) is 4.74. The van der Waals surface area contributed by atoms with Crippen LogP contribution in [0.4, 0.5) is 5.69 Å². The topological polar surface area (TPSA) is 51.4 Å². The summed E-state index contributed by atoms with van der Waals surface area (Å²) in [5.41, 5.74) is 3.18. The molecule has 1 aliphatic heterocycles. The van der Waals surface area contributed by atoms with Crippen LogP contribution in [0.3, 0.4) is 0 Å². The molecule has 3 aromatic rings. The van der Waals surface area contributed by atoms with Crippen LogP contribution >= 0.6 is 0 Å². The number of nitrogens with one attached hydrogen (secondary N) is 1. The van der Waals surface area contributed by atoms with Gasteiger partial charge >= 0.3 is 0 Å². The van der Waals surface area contributed by atoms with E-state index >= 15 is 0 Å². The van der Waals surface area contributed by atoms with Gasteiger partial charge in [-0.2, -0.15) is 4.57 Å². The van der Waals surface area contributed by atoms with Crippen molar-refractivity contribution in [3.63, 3.8) is 0 Å². The Kier molecular flexibility index (Phi) is 5.01. The molecule has 2 aromatic carbocycles. The van der Waals surface area contributed by atoms with Crippen LogP contribution in [0.25, 0.3) is 0 Å². The minimum atomic E-state index is -0.0903. The zero-order valence-electron chi connectivity index (χ0n) is 14.9. The predicted molar refractivity (Wildman–Crippen MR) is 102 cm³/mol. The molecule has 0 atom stereocenters. The quantitative estimate of drug-likeness (QED) is 0.711. The molecule has 0 bridgehead atoms. The van der Waals surface area contributed by atoms with E-state index in [0.29, 0.717) is 30.4 Å². The molecule has 27 heavy (non-hydrogen) atoms. The Hall–Kier alpha value is -3.34. The van der Waals surface area contributed by atoms with E-state index in [1.807, 2.05) is 59.4 Å². The van der Waals surface area contributed by atoms with Gasteiger partial charge in [0.1, 0.15) is 13.2 Å². The van der Waals surface area contributed by atoms with E-state index in [-0.39, 0.29) is 12.5 Å². The summed E-state index contributed by atoms with van der Waals surface area (Å²) in [6.45, 7) is 1.32. The zero-order valence-corrected chi connectivity index (χ0v) is 14.9. The number of benzene rings is 2. The van der Waals surface area contributed by atoms with Crippen LogP contribution < -0.4 is 19.4 Å². The summed E-state index contributed by atoms with van der Waals surface area (Å²) < 4.78 is 12.9. The second-order valence-corrected chi connectivity index (χ2v) is 6.45. The highest BCUT2D eigenvalue weighted by molar-refractivity contribution is 5.90. The SMILES string of the molecule is O=C(C[n+]1ccc(Cc2ccccc2)cc1)Nc1ccc2c(c1)OCCO2. The molecular formula is C22H21N2O3+. The number of hydrogen-bond donors (Lipinski definition) is 1. The number of rotatable bonds is 5. The third-order valence-electron chi connectivity index (χ3n) is 4.36. The lowest BCUT2D eigenvalue weighted by Crippen LogP contribution is -2.39. The van der Waals surface area contributed by atoms with Crippen LogP contribution in [0, 0.1) is 0 Å². The standard InChI is InChI=1S/C22H20N2O3/c25-22(23-19-6-7-20-21(15-19)27-13-12-26-20)16-24-10-8-18(9-11-24)14-17-4-2-1-3-5-17/h1-11,15H,12-14,16H2/p+1. The van der Waals surface area contributed by atoms with Crippen LogP contribution in [0.15, 0.2) is 73.1 Å². The van der Waals surface area contributed by atoms with E-state index in [1.165, 1.54) is 11.1 Å². The Bertz CT molecular complexity index is 924. The van der Waals surface area contributed by atoms with Gasteiger partial charge in [0.05, 0.1) is 0 Å². The van der Waals surface area contributed by atoms with Gasteiger partial charge in [-0.3, -0.25) is 4.79 Å². The fourth-order valence-electron chi connectivity index (χ4n) is 3.03. The second kappa shape index (κ2) is 7.91. The van der Waals surface area contributed by atoms with Gasteiger partial charge in [-0.1, -0.05) is 30.3 Å². The van der Waals surface area contributed by atoms with Crippen LogP contribution in [-0.2, 0) is 17.8 Å². The van der Waals surface area contributed by atoms with E-state index in [1.54, 1.807) is 6.07 Å². The van der Waals surface area contributed by atoms with Gasteiger partial charge in [0.25, 0.3) is 5.91 Å². The molecule has 0 saturated heterocycles. The molecule has 0 saturated carbocycles. The monoisotopic (exact) mass is 361 g/mol. The molecule has 1 N–H and O–H groups in total. The van der Waals surface area contributed by atoms with E-state index in [4.69, 9.17) is 9.47 Å². The number of carbonyl (C=O) groups excluding carboxylic acids is 1. The highest BCUT2D eigenvalue weighted by atomic mass is 16.6. The Morgan fingerprint density at radius 1 is 0.889 bits per heavy atom. The first-order valence-electron chi connectivity index (χ1n) is 8.98. The van der Waals surface area contributed by atoms with Crippen molar-refractivity contribution >= 4 is 11.6 Å². The average Bonchev–Trinajstić information content (AvgIpc) is 2.70. The minimum Gasteiger partial charge on any atom is -0.486 e. The normalized spacial score (nSPS) is 12.4. The van der Waals surface area contributed by atoms with Crippen LogP contribution in [0.5, 0.6) is 11.5 Å². The Labute approximate surface area is 158 Å². The fourth-order valence-corrected chi connectivity index (χ4v) is 3.03. The molecular weight excluding hydrogens is 340 g/mol. The lowest BCUT2D eigenvalue weighted by molar-refractivity contribution is -0.684. The van der Waals surface area contributed by atoms with Crippen molar-refractivity contribution in [3.05, 3.63) is 84.2 Å². The van der Waals surface area contributed by atoms with Gasteiger partial charge in [-0.05, 0) is 29.7 Å². The number of ether oxygens (including phenoxy) is 2. The molecule has 1 aromatic heterocycles. The summed E-state index contributed by atoms with van der Waals surface area (Å²) in [4.78, 5) is 12.3. The third kappa shape index (κ3) is 4.44. The van der Waals surface area contributed by atoms with Crippen molar-refractivity contribution in [1.82, 2.24) is 0 Å². The molecule has 0 unspecified atom stereocenters. The van der Waals surface area contributed by atoms with Gasteiger partial charge in [-0.25, -0.2) is 0 Å². The van der Waals surface area contributed by atoms with E-state index in [0.717, 1.165) is 6.42 Å². The summed E-state index contributed by atoms with van der Waals surface area (Å²) in [5, 5.41) is 2.90. The summed E-state index contributed by atoms with van der Waals surface area (Å²) >= 11 is 0. The number of aromatic nitrogens is 1. The first kappa shape index (κ1) is 17.1. The van der Waals surface area contributed by atoms with Gasteiger partial charge in [0, 0.05) is 23.9 Å². The van der Waals surface area contributed by atoms with Crippen LogP contribution in [-0.4, -0.2) is 19.1 Å². The molecule has 5 heteroatoms. The summed E-state index contributed by atoms with van der Waals surface area (Å²) in [6, 6.07) is 19.8. The largest absolute Gasteiger partial charge is 0.486 e. The zero-order chi connectivity index (χ0) is 18.5. The second-order valence-electron chi connectivity index (χ2n) is 6.45. The van der Waals surface area contributed by atoms with Crippen molar-refractivity contribution < 1.29 is 18.8 Å². The van der Waals surface area contributed by atoms with Crippen molar-refractivity contribution in [2.24, 2.45) is 0 Å². The lowest BCUT2D eigenvalue weighted by atomic mass is 10.1. The van der Waals surface area contributed by atoms with E-state index < -0.39 is 0 Å². The number of fused-ring (bicyclic) bond motifs is 1. The van der Waals surface area contributed by atoms with Gasteiger partial charge in [0.15, 0.2) is 23.9 Å². The first-order valence-corrected chi connectivity index (χ1v) is 8.98. The summed E-state index contributed by atoms with van der Waals surface area (Å²) in [7, 11) is 0. The van der Waals surface area contributed by atoms with Gasteiger partial charge in [0.2, 0.25) is 6.54 Å². The highest BCUT2D eigenvalue weighted by Gasteiger charge is 2.14. The molecule has 5 nitrogen and oxygen atoms in total. The smallest absolute Gasteiger partial charge is 0.290 e. The first-order chi connectivity index (χ1) is 13.3. The number of amides is 1. The number of carbonyl (C=O) groups is 1. The van der Waals surface area contributed by atoms with Crippen molar-refractivity contribution in [2.75, 3.05) is 18.5 Å². The Morgan fingerprint density at radius 3 is 2.37 bits per heavy atom. The summed E-state index contributed by atoms with van der Waals surface area (Å²) in [5.74, 6) is 1.28. The molecule has 4 rings (SSSR count). The van der Waals surface area contributed by atoms with Gasteiger partial charge < -0.3 is 14.8 Å². The Morgan fingerprint density at radius 2 is 1.59 bits per heavy atom. The fraction of sp³-hybridized carbons (Fsp3) is 0.182.